The molecule has 0 saturated carbocycles. The Morgan fingerprint density at radius 2 is 1.62 bits per heavy atom. The second kappa shape index (κ2) is 7.40. The normalized spacial score (nSPS) is 11.2. The van der Waals surface area contributed by atoms with Crippen molar-refractivity contribution >= 4 is 28.7 Å². The maximum Gasteiger partial charge on any atom is 0.269 e. The number of phenols is 1. The van der Waals surface area contributed by atoms with Gasteiger partial charge in [-0.3, -0.25) is 19.5 Å². The van der Waals surface area contributed by atoms with E-state index in [1.165, 1.54) is 28.8 Å². The van der Waals surface area contributed by atoms with Crippen molar-refractivity contribution < 1.29 is 10.0 Å². The van der Waals surface area contributed by atoms with Gasteiger partial charge >= 0.3 is 0 Å². The minimum atomic E-state index is -0.496. The van der Waals surface area contributed by atoms with Gasteiger partial charge < -0.3 is 5.11 Å². The van der Waals surface area contributed by atoms with Crippen LogP contribution in [-0.2, 0) is 0 Å². The number of hydrogen-bond acceptors (Lipinski definition) is 5. The summed E-state index contributed by atoms with van der Waals surface area (Å²) < 4.78 is 1.39. The van der Waals surface area contributed by atoms with Crippen molar-refractivity contribution in [1.29, 1.82) is 0 Å². The molecule has 29 heavy (non-hydrogen) atoms. The van der Waals surface area contributed by atoms with E-state index in [-0.39, 0.29) is 17.0 Å². The fourth-order valence-corrected chi connectivity index (χ4v) is 3.03. The lowest BCUT2D eigenvalue weighted by atomic mass is 10.1. The molecule has 0 saturated heterocycles. The summed E-state index contributed by atoms with van der Waals surface area (Å²) in [5.74, 6) is 0.444. The van der Waals surface area contributed by atoms with E-state index in [2.05, 4.69) is 4.98 Å². The topological polar surface area (TPSA) is 98.3 Å². The first kappa shape index (κ1) is 18.1. The van der Waals surface area contributed by atoms with Gasteiger partial charge in [-0.05, 0) is 42.5 Å². The van der Waals surface area contributed by atoms with E-state index in [1.54, 1.807) is 60.7 Å². The van der Waals surface area contributed by atoms with Gasteiger partial charge in [-0.15, -0.1) is 0 Å². The van der Waals surface area contributed by atoms with Gasteiger partial charge in [0.2, 0.25) is 0 Å². The van der Waals surface area contributed by atoms with Crippen LogP contribution >= 0.6 is 0 Å². The molecule has 0 spiro atoms. The molecule has 0 aliphatic carbocycles. The number of rotatable bonds is 4. The summed E-state index contributed by atoms with van der Waals surface area (Å²) in [5.41, 5.74) is 1.21. The Hall–Kier alpha value is -4.26. The third-order valence-corrected chi connectivity index (χ3v) is 4.47. The Labute approximate surface area is 165 Å². The molecule has 4 aromatic rings. The minimum Gasteiger partial charge on any atom is -0.507 e. The number of hydrogen-bond donors (Lipinski definition) is 1. The zero-order valence-corrected chi connectivity index (χ0v) is 15.1. The van der Waals surface area contributed by atoms with Crippen LogP contribution < -0.4 is 5.56 Å². The predicted octanol–water partition coefficient (Wildman–Crippen LogP) is 4.17. The van der Waals surface area contributed by atoms with Crippen molar-refractivity contribution in [2.75, 3.05) is 0 Å². The van der Waals surface area contributed by atoms with E-state index in [9.17, 15) is 20.0 Å². The van der Waals surface area contributed by atoms with E-state index in [0.29, 0.717) is 28.0 Å². The molecule has 1 N–H and O–H groups in total. The molecular weight excluding hydrogens is 370 g/mol. The molecule has 1 aromatic heterocycles. The Balaban J connectivity index is 1.92. The zero-order chi connectivity index (χ0) is 20.4. The van der Waals surface area contributed by atoms with Gasteiger partial charge in [-0.25, -0.2) is 4.98 Å². The summed E-state index contributed by atoms with van der Waals surface area (Å²) in [7, 11) is 0. The first-order valence-corrected chi connectivity index (χ1v) is 8.77. The van der Waals surface area contributed by atoms with Crippen LogP contribution in [0.4, 0.5) is 5.69 Å². The quantitative estimate of drug-likeness (QED) is 0.420. The molecule has 0 fully saturated rings. The van der Waals surface area contributed by atoms with Crippen molar-refractivity contribution in [1.82, 2.24) is 9.55 Å². The van der Waals surface area contributed by atoms with E-state index < -0.39 is 4.92 Å². The predicted molar refractivity (Wildman–Crippen MR) is 111 cm³/mol. The largest absolute Gasteiger partial charge is 0.507 e. The number of nitrogens with zero attached hydrogens (tertiary/aromatic N) is 3. The van der Waals surface area contributed by atoms with Crippen molar-refractivity contribution in [3.05, 3.63) is 105 Å². The van der Waals surface area contributed by atoms with Crippen LogP contribution in [0.2, 0.25) is 0 Å². The molecule has 0 aliphatic heterocycles. The SMILES string of the molecule is O=c1c2ccccc2nc(/C=C/c2ccccc2O)n1-c1ccc([N+](=O)[O-])cc1. The molecule has 7 heteroatoms. The number of nitro benzene ring substituents is 1. The standard InChI is InChI=1S/C22H15N3O4/c26-20-8-4-1-5-15(20)9-14-21-23-19-7-3-2-6-18(19)22(27)24(21)16-10-12-17(13-11-16)25(28)29/h1-14,26H/b14-9+. The van der Waals surface area contributed by atoms with Crippen LogP contribution in [0.3, 0.4) is 0 Å². The van der Waals surface area contributed by atoms with Crippen LogP contribution in [0.1, 0.15) is 11.4 Å². The van der Waals surface area contributed by atoms with Gasteiger partial charge in [0.15, 0.2) is 0 Å². The number of phenolic OH excluding ortho intramolecular Hbond substituents is 1. The summed E-state index contributed by atoms with van der Waals surface area (Å²) in [5, 5.41) is 21.4. The average Bonchev–Trinajstić information content (AvgIpc) is 2.73. The van der Waals surface area contributed by atoms with Crippen LogP contribution in [-0.4, -0.2) is 19.6 Å². The summed E-state index contributed by atoms with van der Waals surface area (Å²) in [4.78, 5) is 28.2. The van der Waals surface area contributed by atoms with Crippen molar-refractivity contribution in [2.45, 2.75) is 0 Å². The van der Waals surface area contributed by atoms with Gasteiger partial charge in [0.1, 0.15) is 11.6 Å². The summed E-state index contributed by atoms with van der Waals surface area (Å²) in [6.45, 7) is 0. The van der Waals surface area contributed by atoms with E-state index in [4.69, 9.17) is 0 Å². The number of aromatic nitrogens is 2. The molecule has 0 radical (unpaired) electrons. The highest BCUT2D eigenvalue weighted by atomic mass is 16.6. The zero-order valence-electron chi connectivity index (χ0n) is 15.1. The molecule has 1 heterocycles. The molecule has 0 bridgehead atoms. The third-order valence-electron chi connectivity index (χ3n) is 4.47. The number of non-ortho nitro benzene ring substituents is 1. The van der Waals surface area contributed by atoms with Crippen LogP contribution in [0.5, 0.6) is 5.75 Å². The van der Waals surface area contributed by atoms with Gasteiger partial charge in [0, 0.05) is 17.7 Å². The molecule has 4 rings (SSSR count). The third kappa shape index (κ3) is 3.49. The van der Waals surface area contributed by atoms with Gasteiger partial charge in [0.05, 0.1) is 21.5 Å². The molecule has 7 nitrogen and oxygen atoms in total. The van der Waals surface area contributed by atoms with E-state index in [0.717, 1.165) is 0 Å². The number of para-hydroxylation sites is 2. The van der Waals surface area contributed by atoms with Gasteiger partial charge in [-0.1, -0.05) is 30.3 Å². The van der Waals surface area contributed by atoms with E-state index >= 15 is 0 Å². The van der Waals surface area contributed by atoms with Crippen molar-refractivity contribution in [3.8, 4) is 11.4 Å². The molecule has 0 aliphatic rings. The fourth-order valence-electron chi connectivity index (χ4n) is 3.03. The molecule has 142 valence electrons. The first-order chi connectivity index (χ1) is 14.0. The number of nitro groups is 1. The second-order valence-electron chi connectivity index (χ2n) is 6.29. The molecule has 0 atom stereocenters. The Morgan fingerprint density at radius 1 is 0.931 bits per heavy atom. The lowest BCUT2D eigenvalue weighted by molar-refractivity contribution is -0.384. The number of aromatic hydroxyl groups is 1. The second-order valence-corrected chi connectivity index (χ2v) is 6.29. The number of benzene rings is 3. The minimum absolute atomic E-state index is 0.0677. The highest BCUT2D eigenvalue weighted by Crippen LogP contribution is 2.21. The van der Waals surface area contributed by atoms with Crippen LogP contribution in [0.25, 0.3) is 28.7 Å². The summed E-state index contributed by atoms with van der Waals surface area (Å²) in [6, 6.07) is 19.5. The first-order valence-electron chi connectivity index (χ1n) is 8.77. The van der Waals surface area contributed by atoms with Crippen LogP contribution in [0, 0.1) is 10.1 Å². The number of fused-ring (bicyclic) bond motifs is 1. The smallest absolute Gasteiger partial charge is 0.269 e. The van der Waals surface area contributed by atoms with Gasteiger partial charge in [0.25, 0.3) is 11.2 Å². The lowest BCUT2D eigenvalue weighted by Crippen LogP contribution is -2.22. The van der Waals surface area contributed by atoms with Crippen molar-refractivity contribution in [3.63, 3.8) is 0 Å². The summed E-state index contributed by atoms with van der Waals surface area (Å²) >= 11 is 0. The monoisotopic (exact) mass is 385 g/mol. The summed E-state index contributed by atoms with van der Waals surface area (Å²) in [6.07, 6.45) is 3.29. The van der Waals surface area contributed by atoms with Crippen LogP contribution in [0.15, 0.2) is 77.6 Å². The van der Waals surface area contributed by atoms with Crippen molar-refractivity contribution in [2.24, 2.45) is 0 Å². The molecule has 0 amide bonds. The maximum atomic E-state index is 13.2. The fraction of sp³-hybridized carbons (Fsp3) is 0. The highest BCUT2D eigenvalue weighted by molar-refractivity contribution is 5.80. The molecule has 0 unspecified atom stereocenters. The Kier molecular flexibility index (Phi) is 4.62. The lowest BCUT2D eigenvalue weighted by Gasteiger charge is -2.11. The maximum absolute atomic E-state index is 13.2. The average molecular weight is 385 g/mol. The van der Waals surface area contributed by atoms with Gasteiger partial charge in [-0.2, -0.15) is 0 Å². The Morgan fingerprint density at radius 3 is 2.34 bits per heavy atom. The highest BCUT2D eigenvalue weighted by Gasteiger charge is 2.12. The molecular formula is C22H15N3O4. The van der Waals surface area contributed by atoms with E-state index in [1.807, 2.05) is 0 Å². The molecule has 3 aromatic carbocycles. The Bertz CT molecular complexity index is 1310.